The second-order valence-electron chi connectivity index (χ2n) is 16.0. The van der Waals surface area contributed by atoms with Crippen LogP contribution in [0.1, 0.15) is 0 Å². The lowest BCUT2D eigenvalue weighted by Crippen LogP contribution is -2.02. The first-order valence-corrected chi connectivity index (χ1v) is 20.9. The van der Waals surface area contributed by atoms with Gasteiger partial charge >= 0.3 is 0 Å². The number of hydrogen-bond acceptors (Lipinski definition) is 4. The molecule has 0 aliphatic heterocycles. The molecule has 0 spiro atoms. The molecule has 13 rings (SSSR count). The molecule has 0 fully saturated rings. The summed E-state index contributed by atoms with van der Waals surface area (Å²) >= 11 is 0. The summed E-state index contributed by atoms with van der Waals surface area (Å²) in [4.78, 5) is 15.9. The summed E-state index contributed by atoms with van der Waals surface area (Å²) in [6, 6.07) is 72.8. The van der Waals surface area contributed by atoms with Crippen LogP contribution in [0.25, 0.3) is 127 Å². The van der Waals surface area contributed by atoms with Crippen molar-refractivity contribution < 1.29 is 4.42 Å². The lowest BCUT2D eigenvalue weighted by atomic mass is 10.0. The fourth-order valence-corrected chi connectivity index (χ4v) is 9.40. The second kappa shape index (κ2) is 13.6. The smallest absolute Gasteiger partial charge is 0.164 e. The van der Waals surface area contributed by atoms with Gasteiger partial charge in [-0.05, 0) is 92.0 Å². The number of rotatable bonds is 5. The summed E-state index contributed by atoms with van der Waals surface area (Å²) in [6.45, 7) is 0. The molecule has 0 bridgehead atoms. The molecular weight excluding hydrogens is 757 g/mol. The van der Waals surface area contributed by atoms with E-state index < -0.39 is 0 Å². The SMILES string of the molecule is c1ccc(-c2cccc(-c3nc(-c4ccc5ccccc5c4)nc(-c4cc(-n5c6cc7ccccc7cc6c6c7ccccc7ccc65)c5oc6ccccc6c5c4)n3)c2)cc1. The van der Waals surface area contributed by atoms with Crippen LogP contribution in [0.2, 0.25) is 0 Å². The van der Waals surface area contributed by atoms with Gasteiger partial charge in [0.25, 0.3) is 0 Å². The molecule has 0 amide bonds. The molecule has 0 aliphatic carbocycles. The van der Waals surface area contributed by atoms with Gasteiger partial charge in [0.05, 0.1) is 16.7 Å². The summed E-state index contributed by atoms with van der Waals surface area (Å²) in [5.74, 6) is 1.78. The fraction of sp³-hybridized carbons (Fsp3) is 0. The van der Waals surface area contributed by atoms with Crippen LogP contribution in [0.4, 0.5) is 0 Å². The van der Waals surface area contributed by atoms with Crippen LogP contribution in [0.15, 0.2) is 211 Å². The van der Waals surface area contributed by atoms with Gasteiger partial charge in [0.1, 0.15) is 5.58 Å². The number of hydrogen-bond donors (Lipinski definition) is 0. The predicted octanol–water partition coefficient (Wildman–Crippen LogP) is 15.0. The normalized spacial score (nSPS) is 11.9. The Morgan fingerprint density at radius 2 is 0.919 bits per heavy atom. The first kappa shape index (κ1) is 34.5. The van der Waals surface area contributed by atoms with E-state index in [1.807, 2.05) is 18.2 Å². The zero-order chi connectivity index (χ0) is 40.7. The lowest BCUT2D eigenvalue weighted by molar-refractivity contribution is 0.666. The first-order valence-electron chi connectivity index (χ1n) is 20.9. The third kappa shape index (κ3) is 5.45. The van der Waals surface area contributed by atoms with Crippen molar-refractivity contribution in [3.05, 3.63) is 206 Å². The van der Waals surface area contributed by atoms with Crippen molar-refractivity contribution in [2.24, 2.45) is 0 Å². The third-order valence-electron chi connectivity index (χ3n) is 12.4. The molecule has 13 aromatic rings. The Morgan fingerprint density at radius 3 is 1.73 bits per heavy atom. The highest BCUT2D eigenvalue weighted by molar-refractivity contribution is 6.24. The Hall–Kier alpha value is -8.41. The van der Waals surface area contributed by atoms with Crippen LogP contribution in [0.5, 0.6) is 0 Å². The lowest BCUT2D eigenvalue weighted by Gasteiger charge is -2.13. The Balaban J connectivity index is 1.12. The average Bonchev–Trinajstić information content (AvgIpc) is 3.88. The first-order chi connectivity index (χ1) is 30.7. The zero-order valence-corrected chi connectivity index (χ0v) is 33.3. The molecule has 3 heterocycles. The van der Waals surface area contributed by atoms with Crippen molar-refractivity contribution in [2.45, 2.75) is 0 Å². The monoisotopic (exact) mass is 790 g/mol. The van der Waals surface area contributed by atoms with E-state index in [4.69, 9.17) is 19.4 Å². The van der Waals surface area contributed by atoms with Crippen LogP contribution in [-0.2, 0) is 0 Å². The van der Waals surface area contributed by atoms with Gasteiger partial charge in [-0.3, -0.25) is 0 Å². The topological polar surface area (TPSA) is 56.7 Å². The van der Waals surface area contributed by atoms with Crippen molar-refractivity contribution in [3.8, 4) is 51.0 Å². The molecule has 62 heavy (non-hydrogen) atoms. The minimum absolute atomic E-state index is 0.577. The largest absolute Gasteiger partial charge is 0.454 e. The molecule has 288 valence electrons. The van der Waals surface area contributed by atoms with Gasteiger partial charge in [-0.1, -0.05) is 158 Å². The maximum atomic E-state index is 6.88. The molecule has 0 saturated carbocycles. The van der Waals surface area contributed by atoms with Crippen LogP contribution in [0, 0.1) is 0 Å². The van der Waals surface area contributed by atoms with E-state index in [0.717, 1.165) is 77.2 Å². The molecular formula is C57H34N4O. The highest BCUT2D eigenvalue weighted by Crippen LogP contribution is 2.43. The number of nitrogens with zero attached hydrogens (tertiary/aromatic N) is 4. The Labute approximate surface area is 355 Å². The molecule has 0 saturated heterocycles. The number of para-hydroxylation sites is 1. The van der Waals surface area contributed by atoms with E-state index in [2.05, 4.69) is 193 Å². The van der Waals surface area contributed by atoms with Gasteiger partial charge in [0.2, 0.25) is 0 Å². The Bertz CT molecular complexity index is 3940. The molecule has 5 heteroatoms. The highest BCUT2D eigenvalue weighted by Gasteiger charge is 2.23. The van der Waals surface area contributed by atoms with E-state index in [9.17, 15) is 0 Å². The molecule has 0 aliphatic rings. The molecule has 5 nitrogen and oxygen atoms in total. The van der Waals surface area contributed by atoms with Gasteiger partial charge in [0.15, 0.2) is 23.1 Å². The number of aromatic nitrogens is 4. The number of benzene rings is 10. The summed E-state index contributed by atoms with van der Waals surface area (Å²) in [6.07, 6.45) is 0. The quantitative estimate of drug-likeness (QED) is 0.174. The molecule has 10 aromatic carbocycles. The van der Waals surface area contributed by atoms with E-state index in [-0.39, 0.29) is 0 Å². The van der Waals surface area contributed by atoms with Crippen LogP contribution in [-0.4, -0.2) is 19.5 Å². The summed E-state index contributed by atoms with van der Waals surface area (Å²) in [7, 11) is 0. The minimum atomic E-state index is 0.577. The fourth-order valence-electron chi connectivity index (χ4n) is 9.40. The average molecular weight is 791 g/mol. The maximum absolute atomic E-state index is 6.88. The molecule has 0 unspecified atom stereocenters. The molecule has 3 aromatic heterocycles. The summed E-state index contributed by atoms with van der Waals surface area (Å²) < 4.78 is 9.26. The second-order valence-corrected chi connectivity index (χ2v) is 16.0. The zero-order valence-electron chi connectivity index (χ0n) is 33.3. The van der Waals surface area contributed by atoms with E-state index >= 15 is 0 Å². The van der Waals surface area contributed by atoms with Gasteiger partial charge in [-0.2, -0.15) is 0 Å². The van der Waals surface area contributed by atoms with Crippen molar-refractivity contribution >= 4 is 76.1 Å². The third-order valence-corrected chi connectivity index (χ3v) is 12.4. The van der Waals surface area contributed by atoms with Crippen molar-refractivity contribution in [1.82, 2.24) is 19.5 Å². The predicted molar refractivity (Wildman–Crippen MR) is 256 cm³/mol. The standard InChI is InChI=1S/C57H34N4O/c1-2-13-35(14-3-1)39-20-12-21-42(29-39)55-58-56(43-26-25-36-15-4-5-17-38(36)30-43)60-57(59-55)44-32-47-46-23-10-11-24-52(46)62-54(47)51(34-44)61-49-28-27-37-16-8-9-22-45(37)53(49)48-31-40-18-6-7-19-41(40)33-50(48)61/h1-34H. The molecule has 0 atom stereocenters. The minimum Gasteiger partial charge on any atom is -0.454 e. The van der Waals surface area contributed by atoms with Gasteiger partial charge < -0.3 is 8.98 Å². The van der Waals surface area contributed by atoms with Crippen LogP contribution < -0.4 is 0 Å². The number of fused-ring (bicyclic) bond motifs is 10. The molecule has 0 N–H and O–H groups in total. The molecule has 0 radical (unpaired) electrons. The van der Waals surface area contributed by atoms with Gasteiger partial charge in [-0.25, -0.2) is 15.0 Å². The maximum Gasteiger partial charge on any atom is 0.164 e. The summed E-state index contributed by atoms with van der Waals surface area (Å²) in [5, 5.41) is 11.5. The van der Waals surface area contributed by atoms with E-state index in [1.54, 1.807) is 0 Å². The highest BCUT2D eigenvalue weighted by atomic mass is 16.3. The summed E-state index contributed by atoms with van der Waals surface area (Å²) in [5.41, 5.74) is 9.65. The van der Waals surface area contributed by atoms with E-state index in [1.165, 1.54) is 32.3 Å². The van der Waals surface area contributed by atoms with Crippen molar-refractivity contribution in [3.63, 3.8) is 0 Å². The van der Waals surface area contributed by atoms with E-state index in [0.29, 0.717) is 17.5 Å². The van der Waals surface area contributed by atoms with Crippen LogP contribution >= 0.6 is 0 Å². The van der Waals surface area contributed by atoms with Gasteiger partial charge in [-0.15, -0.1) is 0 Å². The van der Waals surface area contributed by atoms with Crippen LogP contribution in [0.3, 0.4) is 0 Å². The van der Waals surface area contributed by atoms with Gasteiger partial charge in [0, 0.05) is 38.2 Å². The Kier molecular flexibility index (Phi) is 7.54. The van der Waals surface area contributed by atoms with Crippen molar-refractivity contribution in [1.29, 1.82) is 0 Å². The van der Waals surface area contributed by atoms with Crippen molar-refractivity contribution in [2.75, 3.05) is 0 Å². The Morgan fingerprint density at radius 1 is 0.323 bits per heavy atom. The number of furan rings is 1.